The molecule has 0 bridgehead atoms. The van der Waals surface area contributed by atoms with Gasteiger partial charge in [0.2, 0.25) is 5.91 Å². The molecule has 0 atom stereocenters. The maximum Gasteiger partial charge on any atom is 0.219 e. The molecule has 0 aromatic heterocycles. The number of hydrogen-bond acceptors (Lipinski definition) is 2. The molecule has 0 fully saturated rings. The number of aldehydes is 1. The lowest BCUT2D eigenvalue weighted by Crippen LogP contribution is -2.25. The van der Waals surface area contributed by atoms with Gasteiger partial charge in [0.05, 0.1) is 0 Å². The molecule has 0 unspecified atom stereocenters. The van der Waals surface area contributed by atoms with E-state index in [1.54, 1.807) is 11.9 Å². The van der Waals surface area contributed by atoms with E-state index in [0.29, 0.717) is 24.8 Å². The van der Waals surface area contributed by atoms with Crippen molar-refractivity contribution < 1.29 is 9.59 Å². The molecule has 0 N–H and O–H groups in total. The van der Waals surface area contributed by atoms with Crippen LogP contribution in [0.3, 0.4) is 0 Å². The zero-order chi connectivity index (χ0) is 8.85. The number of amides is 1. The molecule has 0 rings (SSSR count). The van der Waals surface area contributed by atoms with E-state index in [0.717, 1.165) is 0 Å². The molecule has 3 heteroatoms. The predicted molar refractivity (Wildman–Crippen MR) is 43.1 cm³/mol. The lowest BCUT2D eigenvalue weighted by molar-refractivity contribution is -0.127. The van der Waals surface area contributed by atoms with Crippen LogP contribution in [0.25, 0.3) is 0 Å². The first-order valence-electron chi connectivity index (χ1n) is 3.42. The Kier molecular flexibility index (Phi) is 4.18. The molecule has 0 aliphatic rings. The number of carbonyl (C=O) groups is 2. The third-order valence-corrected chi connectivity index (χ3v) is 1.47. The number of nitrogens with zero attached hydrogens (tertiary/aromatic N) is 1. The first-order valence-corrected chi connectivity index (χ1v) is 3.42. The van der Waals surface area contributed by atoms with Crippen LogP contribution in [-0.2, 0) is 9.59 Å². The lowest BCUT2D eigenvalue weighted by Gasteiger charge is -2.13. The normalized spacial score (nSPS) is 8.91. The van der Waals surface area contributed by atoms with Crippen LogP contribution in [0.15, 0.2) is 12.2 Å². The van der Waals surface area contributed by atoms with Crippen LogP contribution in [0.2, 0.25) is 0 Å². The van der Waals surface area contributed by atoms with Crippen LogP contribution in [0.1, 0.15) is 13.3 Å². The van der Waals surface area contributed by atoms with Gasteiger partial charge in [-0.2, -0.15) is 0 Å². The van der Waals surface area contributed by atoms with Gasteiger partial charge in [-0.3, -0.25) is 9.59 Å². The van der Waals surface area contributed by atoms with E-state index in [9.17, 15) is 9.59 Å². The molecular formula is C8H13NO2. The summed E-state index contributed by atoms with van der Waals surface area (Å²) in [6.45, 7) is 5.55. The van der Waals surface area contributed by atoms with Crippen LogP contribution < -0.4 is 0 Å². The Morgan fingerprint density at radius 1 is 1.64 bits per heavy atom. The van der Waals surface area contributed by atoms with Crippen molar-refractivity contribution in [2.45, 2.75) is 13.3 Å². The van der Waals surface area contributed by atoms with Crippen molar-refractivity contribution in [3.05, 3.63) is 12.2 Å². The topological polar surface area (TPSA) is 37.4 Å². The van der Waals surface area contributed by atoms with E-state index in [-0.39, 0.29) is 5.91 Å². The molecule has 62 valence electrons. The van der Waals surface area contributed by atoms with E-state index in [2.05, 4.69) is 6.58 Å². The second-order valence-corrected chi connectivity index (χ2v) is 2.47. The van der Waals surface area contributed by atoms with E-state index in [1.165, 1.54) is 6.92 Å². The first kappa shape index (κ1) is 9.88. The van der Waals surface area contributed by atoms with Gasteiger partial charge >= 0.3 is 0 Å². The summed E-state index contributed by atoms with van der Waals surface area (Å²) in [6, 6.07) is 0. The molecule has 3 nitrogen and oxygen atoms in total. The summed E-state index contributed by atoms with van der Waals surface area (Å²) in [4.78, 5) is 22.3. The van der Waals surface area contributed by atoms with Crippen molar-refractivity contribution in [2.75, 3.05) is 13.6 Å². The third-order valence-electron chi connectivity index (χ3n) is 1.47. The molecule has 0 aliphatic heterocycles. The predicted octanol–water partition coefficient (Wildman–Crippen LogP) is 0.610. The van der Waals surface area contributed by atoms with Crippen molar-refractivity contribution in [1.82, 2.24) is 4.90 Å². The minimum Gasteiger partial charge on any atom is -0.346 e. The van der Waals surface area contributed by atoms with E-state index >= 15 is 0 Å². The van der Waals surface area contributed by atoms with Gasteiger partial charge in [-0.05, 0) is 12.0 Å². The molecule has 0 aromatic rings. The van der Waals surface area contributed by atoms with Crippen molar-refractivity contribution >= 4 is 12.2 Å². The monoisotopic (exact) mass is 155 g/mol. The van der Waals surface area contributed by atoms with Crippen LogP contribution >= 0.6 is 0 Å². The Morgan fingerprint density at radius 3 is 2.55 bits per heavy atom. The standard InChI is InChI=1S/C8H13NO2/c1-7(6-10)4-5-9(3)8(2)11/h6H,1,4-5H2,2-3H3. The Morgan fingerprint density at radius 2 is 2.18 bits per heavy atom. The Hall–Kier alpha value is -1.12. The quantitative estimate of drug-likeness (QED) is 0.440. The number of rotatable bonds is 4. The SMILES string of the molecule is C=C(C=O)CCN(C)C(C)=O. The van der Waals surface area contributed by atoms with Crippen molar-refractivity contribution in [2.24, 2.45) is 0 Å². The second-order valence-electron chi connectivity index (χ2n) is 2.47. The van der Waals surface area contributed by atoms with E-state index < -0.39 is 0 Å². The summed E-state index contributed by atoms with van der Waals surface area (Å²) in [5, 5.41) is 0. The molecule has 0 aliphatic carbocycles. The lowest BCUT2D eigenvalue weighted by atomic mass is 10.2. The minimum absolute atomic E-state index is 0.00342. The third kappa shape index (κ3) is 4.31. The molecule has 0 saturated heterocycles. The van der Waals surface area contributed by atoms with Crippen molar-refractivity contribution in [3.8, 4) is 0 Å². The van der Waals surface area contributed by atoms with Gasteiger partial charge in [-0.1, -0.05) is 6.58 Å². The molecule has 0 spiro atoms. The highest BCUT2D eigenvalue weighted by molar-refractivity contribution is 5.74. The first-order chi connectivity index (χ1) is 5.07. The summed E-state index contributed by atoms with van der Waals surface area (Å²) < 4.78 is 0. The maximum atomic E-state index is 10.7. The summed E-state index contributed by atoms with van der Waals surface area (Å²) >= 11 is 0. The molecule has 0 saturated carbocycles. The second kappa shape index (κ2) is 4.66. The summed E-state index contributed by atoms with van der Waals surface area (Å²) in [6.07, 6.45) is 1.27. The average molecular weight is 155 g/mol. The maximum absolute atomic E-state index is 10.7. The van der Waals surface area contributed by atoms with Crippen LogP contribution in [0.4, 0.5) is 0 Å². The molecular weight excluding hydrogens is 142 g/mol. The number of hydrogen-bond donors (Lipinski definition) is 0. The Bertz CT molecular complexity index is 175. The summed E-state index contributed by atoms with van der Waals surface area (Å²) in [5.74, 6) is 0.00342. The fourth-order valence-electron chi connectivity index (χ4n) is 0.528. The zero-order valence-corrected chi connectivity index (χ0v) is 6.96. The van der Waals surface area contributed by atoms with E-state index in [1.807, 2.05) is 0 Å². The van der Waals surface area contributed by atoms with Crippen molar-refractivity contribution in [1.29, 1.82) is 0 Å². The fourth-order valence-corrected chi connectivity index (χ4v) is 0.528. The smallest absolute Gasteiger partial charge is 0.219 e. The van der Waals surface area contributed by atoms with Gasteiger partial charge in [-0.25, -0.2) is 0 Å². The molecule has 1 amide bonds. The highest BCUT2D eigenvalue weighted by Gasteiger charge is 2.01. The Balaban J connectivity index is 3.62. The van der Waals surface area contributed by atoms with Gasteiger partial charge < -0.3 is 4.90 Å². The van der Waals surface area contributed by atoms with Gasteiger partial charge in [-0.15, -0.1) is 0 Å². The van der Waals surface area contributed by atoms with Crippen LogP contribution in [0.5, 0.6) is 0 Å². The van der Waals surface area contributed by atoms with Crippen LogP contribution in [-0.4, -0.2) is 30.7 Å². The van der Waals surface area contributed by atoms with Crippen molar-refractivity contribution in [3.63, 3.8) is 0 Å². The minimum atomic E-state index is 0.00342. The highest BCUT2D eigenvalue weighted by atomic mass is 16.2. The largest absolute Gasteiger partial charge is 0.346 e. The number of carbonyl (C=O) groups excluding carboxylic acids is 2. The fraction of sp³-hybridized carbons (Fsp3) is 0.500. The summed E-state index contributed by atoms with van der Waals surface area (Å²) in [7, 11) is 1.69. The van der Waals surface area contributed by atoms with Crippen LogP contribution in [0, 0.1) is 0 Å². The van der Waals surface area contributed by atoms with Gasteiger partial charge in [0.25, 0.3) is 0 Å². The molecule has 0 heterocycles. The average Bonchev–Trinajstić information content (AvgIpc) is 1.99. The molecule has 0 aromatic carbocycles. The van der Waals surface area contributed by atoms with E-state index in [4.69, 9.17) is 0 Å². The molecule has 0 radical (unpaired) electrons. The van der Waals surface area contributed by atoms with Gasteiger partial charge in [0.1, 0.15) is 6.29 Å². The molecule has 11 heavy (non-hydrogen) atoms. The highest BCUT2D eigenvalue weighted by Crippen LogP contribution is 1.95. The van der Waals surface area contributed by atoms with Gasteiger partial charge in [0.15, 0.2) is 0 Å². The van der Waals surface area contributed by atoms with Gasteiger partial charge in [0, 0.05) is 20.5 Å². The Labute approximate surface area is 66.7 Å². The summed E-state index contributed by atoms with van der Waals surface area (Å²) in [5.41, 5.74) is 0.526. The zero-order valence-electron chi connectivity index (χ0n) is 6.96.